The minimum atomic E-state index is -0.689. The SMILES string of the molecule is COc1ccc([C@H]2C(=C(O)c3ccc(OC)c(C)c3)C(=O)C(=O)N2CCN(C)C)cc1. The van der Waals surface area contributed by atoms with Crippen LogP contribution in [0.25, 0.3) is 5.76 Å². The minimum Gasteiger partial charge on any atom is -0.507 e. The summed E-state index contributed by atoms with van der Waals surface area (Å²) in [4.78, 5) is 29.4. The van der Waals surface area contributed by atoms with Crippen LogP contribution in [0.4, 0.5) is 0 Å². The van der Waals surface area contributed by atoms with Gasteiger partial charge in [-0.25, -0.2) is 0 Å². The molecule has 2 aromatic rings. The van der Waals surface area contributed by atoms with Crippen LogP contribution in [0.2, 0.25) is 0 Å². The normalized spacial score (nSPS) is 18.0. The second-order valence-corrected chi connectivity index (χ2v) is 7.75. The van der Waals surface area contributed by atoms with E-state index < -0.39 is 17.7 Å². The van der Waals surface area contributed by atoms with E-state index in [4.69, 9.17) is 9.47 Å². The van der Waals surface area contributed by atoms with Crippen molar-refractivity contribution in [2.75, 3.05) is 41.4 Å². The predicted molar refractivity (Wildman–Crippen MR) is 118 cm³/mol. The summed E-state index contributed by atoms with van der Waals surface area (Å²) in [6.07, 6.45) is 0. The maximum Gasteiger partial charge on any atom is 0.295 e. The van der Waals surface area contributed by atoms with E-state index >= 15 is 0 Å². The van der Waals surface area contributed by atoms with Gasteiger partial charge in [0.25, 0.3) is 11.7 Å². The molecule has 1 atom stereocenters. The average Bonchev–Trinajstić information content (AvgIpc) is 3.01. The highest BCUT2D eigenvalue weighted by molar-refractivity contribution is 6.46. The van der Waals surface area contributed by atoms with Gasteiger partial charge >= 0.3 is 0 Å². The molecule has 0 unspecified atom stereocenters. The molecule has 1 fully saturated rings. The van der Waals surface area contributed by atoms with Crippen molar-refractivity contribution < 1.29 is 24.2 Å². The third-order valence-electron chi connectivity index (χ3n) is 5.43. The number of ketones is 1. The van der Waals surface area contributed by atoms with Gasteiger partial charge in [-0.1, -0.05) is 12.1 Å². The molecule has 0 spiro atoms. The van der Waals surface area contributed by atoms with Gasteiger partial charge in [0.1, 0.15) is 17.3 Å². The van der Waals surface area contributed by atoms with E-state index in [0.717, 1.165) is 11.1 Å². The van der Waals surface area contributed by atoms with Crippen LogP contribution >= 0.6 is 0 Å². The van der Waals surface area contributed by atoms with Gasteiger partial charge in [-0.15, -0.1) is 0 Å². The number of Topliss-reactive ketones (excluding diaryl/α,β-unsaturated/α-hetero) is 1. The quantitative estimate of drug-likeness (QED) is 0.418. The van der Waals surface area contributed by atoms with Crippen molar-refractivity contribution in [3.63, 3.8) is 0 Å². The number of benzene rings is 2. The Labute approximate surface area is 182 Å². The fourth-order valence-electron chi connectivity index (χ4n) is 3.73. The third kappa shape index (κ3) is 4.41. The number of likely N-dealkylation sites (tertiary alicyclic amines) is 1. The van der Waals surface area contributed by atoms with Gasteiger partial charge in [-0.2, -0.15) is 0 Å². The number of aliphatic hydroxyl groups is 1. The van der Waals surface area contributed by atoms with E-state index in [2.05, 4.69) is 0 Å². The molecule has 1 aliphatic heterocycles. The number of nitrogens with zero attached hydrogens (tertiary/aromatic N) is 2. The molecule has 0 aliphatic carbocycles. The lowest BCUT2D eigenvalue weighted by Gasteiger charge is -2.26. The largest absolute Gasteiger partial charge is 0.507 e. The summed E-state index contributed by atoms with van der Waals surface area (Å²) < 4.78 is 10.5. The van der Waals surface area contributed by atoms with Crippen molar-refractivity contribution in [3.05, 3.63) is 64.7 Å². The topological polar surface area (TPSA) is 79.3 Å². The van der Waals surface area contributed by atoms with Gasteiger partial charge < -0.3 is 24.4 Å². The van der Waals surface area contributed by atoms with Gasteiger partial charge in [0.05, 0.1) is 25.8 Å². The number of carbonyl (C=O) groups is 2. The van der Waals surface area contributed by atoms with Crippen molar-refractivity contribution in [2.45, 2.75) is 13.0 Å². The molecule has 0 saturated carbocycles. The second kappa shape index (κ2) is 9.22. The Morgan fingerprint density at radius 3 is 2.29 bits per heavy atom. The van der Waals surface area contributed by atoms with Crippen LogP contribution < -0.4 is 9.47 Å². The first kappa shape index (κ1) is 22.4. The minimum absolute atomic E-state index is 0.0819. The molecular formula is C24H28N2O5. The summed E-state index contributed by atoms with van der Waals surface area (Å²) in [5.41, 5.74) is 2.08. The lowest BCUT2D eigenvalue weighted by Crippen LogP contribution is -2.35. The first-order chi connectivity index (χ1) is 14.8. The molecule has 1 heterocycles. The Hall–Kier alpha value is -3.32. The highest BCUT2D eigenvalue weighted by Crippen LogP contribution is 2.40. The summed E-state index contributed by atoms with van der Waals surface area (Å²) >= 11 is 0. The van der Waals surface area contributed by atoms with Gasteiger partial charge in [0.15, 0.2) is 0 Å². The van der Waals surface area contributed by atoms with Crippen LogP contribution in [0.5, 0.6) is 11.5 Å². The Kier molecular flexibility index (Phi) is 6.65. The summed E-state index contributed by atoms with van der Waals surface area (Å²) in [7, 11) is 6.95. The Morgan fingerprint density at radius 1 is 1.06 bits per heavy atom. The van der Waals surface area contributed by atoms with E-state index in [1.54, 1.807) is 44.6 Å². The van der Waals surface area contributed by atoms with Crippen molar-refractivity contribution >= 4 is 17.4 Å². The van der Waals surface area contributed by atoms with E-state index in [-0.39, 0.29) is 11.3 Å². The number of methoxy groups -OCH3 is 2. The maximum absolute atomic E-state index is 13.0. The van der Waals surface area contributed by atoms with Crippen molar-refractivity contribution in [3.8, 4) is 11.5 Å². The molecule has 2 aromatic carbocycles. The van der Waals surface area contributed by atoms with E-state index in [9.17, 15) is 14.7 Å². The molecule has 1 amide bonds. The van der Waals surface area contributed by atoms with Crippen LogP contribution in [-0.2, 0) is 9.59 Å². The fraction of sp³-hybridized carbons (Fsp3) is 0.333. The number of aryl methyl sites for hydroxylation is 1. The smallest absolute Gasteiger partial charge is 0.295 e. The lowest BCUT2D eigenvalue weighted by molar-refractivity contribution is -0.140. The zero-order valence-electron chi connectivity index (χ0n) is 18.5. The molecule has 0 bridgehead atoms. The van der Waals surface area contributed by atoms with E-state index in [1.165, 1.54) is 4.90 Å². The summed E-state index contributed by atoms with van der Waals surface area (Å²) in [5.74, 6) is -0.160. The Balaban J connectivity index is 2.14. The molecular weight excluding hydrogens is 396 g/mol. The van der Waals surface area contributed by atoms with Crippen LogP contribution in [0, 0.1) is 6.92 Å². The first-order valence-electron chi connectivity index (χ1n) is 10.0. The fourth-order valence-corrected chi connectivity index (χ4v) is 3.73. The number of carbonyl (C=O) groups excluding carboxylic acids is 2. The molecule has 31 heavy (non-hydrogen) atoms. The van der Waals surface area contributed by atoms with E-state index in [1.807, 2.05) is 38.1 Å². The lowest BCUT2D eigenvalue weighted by atomic mass is 9.94. The average molecular weight is 424 g/mol. The molecule has 164 valence electrons. The standard InChI is InChI=1S/C24H28N2O5/c1-15-14-17(8-11-19(15)31-5)22(27)20-21(16-6-9-18(30-4)10-7-16)26(13-12-25(2)3)24(29)23(20)28/h6-11,14,21,27H,12-13H2,1-5H3/t21-/m0/s1. The summed E-state index contributed by atoms with van der Waals surface area (Å²) in [6.45, 7) is 2.79. The number of ether oxygens (including phenoxy) is 2. The molecule has 1 saturated heterocycles. The number of aliphatic hydroxyl groups excluding tert-OH is 1. The van der Waals surface area contributed by atoms with Gasteiger partial charge in [-0.3, -0.25) is 9.59 Å². The zero-order chi connectivity index (χ0) is 22.7. The Bertz CT molecular complexity index is 1010. The molecule has 3 rings (SSSR count). The van der Waals surface area contributed by atoms with Crippen LogP contribution in [-0.4, -0.2) is 68.0 Å². The molecule has 0 aromatic heterocycles. The Morgan fingerprint density at radius 2 is 1.74 bits per heavy atom. The number of rotatable bonds is 7. The zero-order valence-corrected chi connectivity index (χ0v) is 18.5. The number of hydrogen-bond donors (Lipinski definition) is 1. The van der Waals surface area contributed by atoms with Crippen LogP contribution in [0.1, 0.15) is 22.7 Å². The third-order valence-corrected chi connectivity index (χ3v) is 5.43. The van der Waals surface area contributed by atoms with E-state index in [0.29, 0.717) is 30.2 Å². The molecule has 7 heteroatoms. The van der Waals surface area contributed by atoms with Crippen molar-refractivity contribution in [1.29, 1.82) is 0 Å². The number of likely N-dealkylation sites (N-methyl/N-ethyl adjacent to an activating group) is 1. The van der Waals surface area contributed by atoms with Crippen LogP contribution in [0.3, 0.4) is 0 Å². The highest BCUT2D eigenvalue weighted by atomic mass is 16.5. The summed E-state index contributed by atoms with van der Waals surface area (Å²) in [5, 5.41) is 11.1. The number of amides is 1. The molecule has 7 nitrogen and oxygen atoms in total. The summed E-state index contributed by atoms with van der Waals surface area (Å²) in [6, 6.07) is 11.6. The molecule has 1 aliphatic rings. The number of hydrogen-bond acceptors (Lipinski definition) is 6. The van der Waals surface area contributed by atoms with Gasteiger partial charge in [-0.05, 0) is 62.5 Å². The predicted octanol–water partition coefficient (Wildman–Crippen LogP) is 3.00. The second-order valence-electron chi connectivity index (χ2n) is 7.75. The monoisotopic (exact) mass is 424 g/mol. The highest BCUT2D eigenvalue weighted by Gasteiger charge is 2.45. The van der Waals surface area contributed by atoms with Gasteiger partial charge in [0, 0.05) is 18.7 Å². The van der Waals surface area contributed by atoms with Crippen LogP contribution in [0.15, 0.2) is 48.0 Å². The maximum atomic E-state index is 13.0. The van der Waals surface area contributed by atoms with Crippen molar-refractivity contribution in [1.82, 2.24) is 9.80 Å². The first-order valence-corrected chi connectivity index (χ1v) is 10.0. The molecule has 1 N–H and O–H groups in total. The van der Waals surface area contributed by atoms with Crippen molar-refractivity contribution in [2.24, 2.45) is 0 Å². The van der Waals surface area contributed by atoms with Gasteiger partial charge in [0.2, 0.25) is 0 Å². The molecule has 0 radical (unpaired) electrons.